The standard InChI is InChI=1S/C21H27ClN2O5S/c1-16-6-4-7-18(14-16)29-13-11-23-21(25)8-5-12-24(30(3,26)27)17-9-10-20(28-2)19(22)15-17/h4,6-7,9-10,14-15H,5,8,11-13H2,1-3H3,(H,23,25). The number of halogens is 1. The maximum atomic E-state index is 12.2. The van der Waals surface area contributed by atoms with Crippen LogP contribution in [0.2, 0.25) is 5.02 Å². The molecule has 2 rings (SSSR count). The molecule has 7 nitrogen and oxygen atoms in total. The van der Waals surface area contributed by atoms with Crippen molar-refractivity contribution in [3.05, 3.63) is 53.1 Å². The van der Waals surface area contributed by atoms with E-state index in [9.17, 15) is 13.2 Å². The molecule has 30 heavy (non-hydrogen) atoms. The van der Waals surface area contributed by atoms with Crippen LogP contribution in [0, 0.1) is 6.92 Å². The molecule has 0 atom stereocenters. The van der Waals surface area contributed by atoms with Crippen LogP contribution in [0.5, 0.6) is 11.5 Å². The molecule has 0 aliphatic carbocycles. The zero-order chi connectivity index (χ0) is 22.1. The molecule has 0 unspecified atom stereocenters. The van der Waals surface area contributed by atoms with Gasteiger partial charge in [0.15, 0.2) is 0 Å². The van der Waals surface area contributed by atoms with Gasteiger partial charge in [-0.15, -0.1) is 0 Å². The summed E-state index contributed by atoms with van der Waals surface area (Å²) < 4.78 is 36.3. The van der Waals surface area contributed by atoms with E-state index in [4.69, 9.17) is 21.1 Å². The highest BCUT2D eigenvalue weighted by Crippen LogP contribution is 2.30. The molecule has 1 amide bonds. The molecule has 1 N–H and O–H groups in total. The van der Waals surface area contributed by atoms with Gasteiger partial charge in [0.2, 0.25) is 15.9 Å². The number of benzene rings is 2. The zero-order valence-electron chi connectivity index (χ0n) is 17.4. The molecule has 0 spiro atoms. The molecule has 2 aromatic rings. The van der Waals surface area contributed by atoms with E-state index >= 15 is 0 Å². The number of aryl methyl sites for hydroxylation is 1. The summed E-state index contributed by atoms with van der Waals surface area (Å²) in [4.78, 5) is 12.0. The van der Waals surface area contributed by atoms with Crippen LogP contribution in [0.3, 0.4) is 0 Å². The average Bonchev–Trinajstić information content (AvgIpc) is 2.67. The van der Waals surface area contributed by atoms with Gasteiger partial charge in [0, 0.05) is 13.0 Å². The van der Waals surface area contributed by atoms with Crippen LogP contribution in [0.4, 0.5) is 5.69 Å². The smallest absolute Gasteiger partial charge is 0.232 e. The van der Waals surface area contributed by atoms with Gasteiger partial charge in [-0.2, -0.15) is 0 Å². The van der Waals surface area contributed by atoms with Gasteiger partial charge in [0.1, 0.15) is 18.1 Å². The average molecular weight is 455 g/mol. The van der Waals surface area contributed by atoms with Gasteiger partial charge in [0.05, 0.1) is 30.6 Å². The van der Waals surface area contributed by atoms with Gasteiger partial charge in [-0.3, -0.25) is 9.10 Å². The maximum Gasteiger partial charge on any atom is 0.232 e. The van der Waals surface area contributed by atoms with Crippen molar-refractivity contribution in [2.75, 3.05) is 37.4 Å². The minimum atomic E-state index is -3.53. The molecule has 0 heterocycles. The molecule has 0 saturated carbocycles. The second kappa shape index (κ2) is 11.1. The molecule has 0 aliphatic heterocycles. The highest BCUT2D eigenvalue weighted by Gasteiger charge is 2.19. The topological polar surface area (TPSA) is 84.9 Å². The van der Waals surface area contributed by atoms with Gasteiger partial charge in [-0.25, -0.2) is 8.42 Å². The van der Waals surface area contributed by atoms with Crippen LogP contribution in [0.15, 0.2) is 42.5 Å². The summed E-state index contributed by atoms with van der Waals surface area (Å²) in [6.07, 6.45) is 1.68. The Labute approximate surface area is 183 Å². The van der Waals surface area contributed by atoms with Crippen molar-refractivity contribution in [3.63, 3.8) is 0 Å². The van der Waals surface area contributed by atoms with Crippen molar-refractivity contribution in [1.82, 2.24) is 5.32 Å². The van der Waals surface area contributed by atoms with Crippen molar-refractivity contribution < 1.29 is 22.7 Å². The lowest BCUT2D eigenvalue weighted by molar-refractivity contribution is -0.121. The second-order valence-corrected chi connectivity index (χ2v) is 9.09. The van der Waals surface area contributed by atoms with Crippen molar-refractivity contribution >= 4 is 33.2 Å². The second-order valence-electron chi connectivity index (χ2n) is 6.77. The third kappa shape index (κ3) is 7.42. The zero-order valence-corrected chi connectivity index (χ0v) is 18.9. The van der Waals surface area contributed by atoms with Gasteiger partial charge in [-0.05, 0) is 49.2 Å². The van der Waals surface area contributed by atoms with E-state index in [1.807, 2.05) is 31.2 Å². The number of rotatable bonds is 11. The number of methoxy groups -OCH3 is 1. The van der Waals surface area contributed by atoms with E-state index < -0.39 is 10.0 Å². The number of amides is 1. The first-order valence-corrected chi connectivity index (χ1v) is 11.7. The van der Waals surface area contributed by atoms with Gasteiger partial charge < -0.3 is 14.8 Å². The Bertz CT molecular complexity index is 966. The maximum absolute atomic E-state index is 12.2. The third-order valence-electron chi connectivity index (χ3n) is 4.27. The van der Waals surface area contributed by atoms with E-state index in [0.29, 0.717) is 36.0 Å². The minimum Gasteiger partial charge on any atom is -0.495 e. The largest absolute Gasteiger partial charge is 0.495 e. The van der Waals surface area contributed by atoms with Crippen LogP contribution in [-0.2, 0) is 14.8 Å². The summed E-state index contributed by atoms with van der Waals surface area (Å²) in [6, 6.07) is 12.4. The van der Waals surface area contributed by atoms with E-state index in [2.05, 4.69) is 5.32 Å². The van der Waals surface area contributed by atoms with Crippen LogP contribution in [0.1, 0.15) is 18.4 Å². The predicted molar refractivity (Wildman–Crippen MR) is 119 cm³/mol. The molecule has 0 bridgehead atoms. The van der Waals surface area contributed by atoms with Crippen molar-refractivity contribution in [2.45, 2.75) is 19.8 Å². The van der Waals surface area contributed by atoms with Gasteiger partial charge >= 0.3 is 0 Å². The molecule has 0 aromatic heterocycles. The number of nitrogens with zero attached hydrogens (tertiary/aromatic N) is 1. The number of nitrogens with one attached hydrogen (secondary N) is 1. The summed E-state index contributed by atoms with van der Waals surface area (Å²) >= 11 is 6.11. The molecule has 0 aliphatic rings. The quantitative estimate of drug-likeness (QED) is 0.526. The summed E-state index contributed by atoms with van der Waals surface area (Å²) in [6.45, 7) is 2.87. The van der Waals surface area contributed by atoms with Crippen LogP contribution in [-0.4, -0.2) is 47.4 Å². The SMILES string of the molecule is COc1ccc(N(CCCC(=O)NCCOc2cccc(C)c2)S(C)(=O)=O)cc1Cl. The van der Waals surface area contributed by atoms with Gasteiger partial charge in [0.25, 0.3) is 0 Å². The molecule has 2 aromatic carbocycles. The summed E-state index contributed by atoms with van der Waals surface area (Å²) in [5.74, 6) is 1.05. The Morgan fingerprint density at radius 3 is 2.60 bits per heavy atom. The van der Waals surface area contributed by atoms with E-state index in [1.54, 1.807) is 12.1 Å². The molecule has 0 fully saturated rings. The number of sulfonamides is 1. The Morgan fingerprint density at radius 2 is 1.97 bits per heavy atom. The van der Waals surface area contributed by atoms with Crippen LogP contribution >= 0.6 is 11.6 Å². The lowest BCUT2D eigenvalue weighted by atomic mass is 10.2. The number of hydrogen-bond acceptors (Lipinski definition) is 5. The fourth-order valence-corrected chi connectivity index (χ4v) is 4.04. The normalized spacial score (nSPS) is 11.1. The molecule has 0 radical (unpaired) electrons. The van der Waals surface area contributed by atoms with Crippen molar-refractivity contribution in [1.29, 1.82) is 0 Å². The lowest BCUT2D eigenvalue weighted by Gasteiger charge is -2.23. The first kappa shape index (κ1) is 23.8. The Hall–Kier alpha value is -2.45. The highest BCUT2D eigenvalue weighted by atomic mass is 35.5. The summed E-state index contributed by atoms with van der Waals surface area (Å²) in [7, 11) is -2.04. The van der Waals surface area contributed by atoms with Crippen molar-refractivity contribution in [3.8, 4) is 11.5 Å². The Balaban J connectivity index is 1.80. The Kier molecular flexibility index (Phi) is 8.80. The number of carbonyl (C=O) groups excluding carboxylic acids is 1. The Morgan fingerprint density at radius 1 is 1.20 bits per heavy atom. The van der Waals surface area contributed by atoms with Crippen LogP contribution < -0.4 is 19.1 Å². The number of ether oxygens (including phenoxy) is 2. The van der Waals surface area contributed by atoms with Crippen molar-refractivity contribution in [2.24, 2.45) is 0 Å². The fraction of sp³-hybridized carbons (Fsp3) is 0.381. The van der Waals surface area contributed by atoms with E-state index in [0.717, 1.165) is 17.6 Å². The number of carbonyl (C=O) groups is 1. The molecular weight excluding hydrogens is 428 g/mol. The van der Waals surface area contributed by atoms with Crippen LogP contribution in [0.25, 0.3) is 0 Å². The minimum absolute atomic E-state index is 0.161. The molecular formula is C21H27ClN2O5S. The summed E-state index contributed by atoms with van der Waals surface area (Å²) in [5, 5.41) is 3.09. The number of anilines is 1. The summed E-state index contributed by atoms with van der Waals surface area (Å²) in [5.41, 5.74) is 1.53. The molecule has 164 valence electrons. The first-order valence-electron chi connectivity index (χ1n) is 9.48. The first-order chi connectivity index (χ1) is 14.2. The number of hydrogen-bond donors (Lipinski definition) is 1. The van der Waals surface area contributed by atoms with Gasteiger partial charge in [-0.1, -0.05) is 23.7 Å². The molecule has 9 heteroatoms. The van der Waals surface area contributed by atoms with E-state index in [-0.39, 0.29) is 18.9 Å². The molecule has 0 saturated heterocycles. The monoisotopic (exact) mass is 454 g/mol. The lowest BCUT2D eigenvalue weighted by Crippen LogP contribution is -2.32. The van der Waals surface area contributed by atoms with E-state index in [1.165, 1.54) is 17.5 Å². The third-order valence-corrected chi connectivity index (χ3v) is 5.76. The fourth-order valence-electron chi connectivity index (χ4n) is 2.83. The predicted octanol–water partition coefficient (Wildman–Crippen LogP) is 3.40. The highest BCUT2D eigenvalue weighted by molar-refractivity contribution is 7.92.